The summed E-state index contributed by atoms with van der Waals surface area (Å²) in [5.41, 5.74) is 0.395. The first kappa shape index (κ1) is 17.2. The smallest absolute Gasteiger partial charge is 0.293 e. The maximum absolute atomic E-state index is 12.8. The van der Waals surface area contributed by atoms with Crippen LogP contribution in [0.15, 0.2) is 23.1 Å². The largest absolute Gasteiger partial charge is 0.366 e. The Morgan fingerprint density at radius 3 is 2.50 bits per heavy atom. The average Bonchev–Trinajstić information content (AvgIpc) is 3.08. The summed E-state index contributed by atoms with van der Waals surface area (Å²) >= 11 is 0. The number of benzene rings is 1. The van der Waals surface area contributed by atoms with E-state index < -0.39 is 14.9 Å². The zero-order valence-electron chi connectivity index (χ0n) is 13.8. The molecule has 1 aromatic carbocycles. The van der Waals surface area contributed by atoms with Gasteiger partial charge in [0.25, 0.3) is 5.69 Å². The van der Waals surface area contributed by atoms with E-state index in [0.29, 0.717) is 24.7 Å². The third-order valence-electron chi connectivity index (χ3n) is 4.85. The molecule has 2 fully saturated rings. The molecule has 24 heavy (non-hydrogen) atoms. The molecule has 2 heterocycles. The van der Waals surface area contributed by atoms with Gasteiger partial charge in [0.2, 0.25) is 10.0 Å². The quantitative estimate of drug-likeness (QED) is 0.614. The monoisotopic (exact) mass is 353 g/mol. The molecule has 0 radical (unpaired) electrons. The maximum atomic E-state index is 12.8. The van der Waals surface area contributed by atoms with Crippen molar-refractivity contribution in [3.63, 3.8) is 0 Å². The second-order valence-corrected chi connectivity index (χ2v) is 8.65. The molecule has 132 valence electrons. The molecule has 0 bridgehead atoms. The fraction of sp³-hybridized carbons (Fsp3) is 0.625. The summed E-state index contributed by atoms with van der Waals surface area (Å²) in [6, 6.07) is 4.32. The lowest BCUT2D eigenvalue weighted by atomic mass is 10.0. The van der Waals surface area contributed by atoms with Gasteiger partial charge in [-0.3, -0.25) is 10.1 Å². The molecule has 2 aliphatic heterocycles. The number of piperidine rings is 1. The van der Waals surface area contributed by atoms with Crippen LogP contribution in [0, 0.1) is 16.0 Å². The van der Waals surface area contributed by atoms with E-state index >= 15 is 0 Å². The lowest BCUT2D eigenvalue weighted by molar-refractivity contribution is -0.384. The van der Waals surface area contributed by atoms with Crippen LogP contribution >= 0.6 is 0 Å². The van der Waals surface area contributed by atoms with Gasteiger partial charge in [0.15, 0.2) is 0 Å². The molecule has 1 atom stereocenters. The minimum Gasteiger partial charge on any atom is -0.366 e. The maximum Gasteiger partial charge on any atom is 0.293 e. The third kappa shape index (κ3) is 3.25. The number of anilines is 1. The zero-order valence-corrected chi connectivity index (χ0v) is 14.7. The van der Waals surface area contributed by atoms with E-state index in [1.165, 1.54) is 16.4 Å². The molecular weight excluding hydrogens is 330 g/mol. The highest BCUT2D eigenvalue weighted by Gasteiger charge is 2.31. The van der Waals surface area contributed by atoms with Gasteiger partial charge in [0, 0.05) is 32.2 Å². The van der Waals surface area contributed by atoms with Gasteiger partial charge in [-0.1, -0.05) is 6.92 Å². The molecule has 0 aromatic heterocycles. The van der Waals surface area contributed by atoms with E-state index in [0.717, 1.165) is 38.8 Å². The van der Waals surface area contributed by atoms with Crippen molar-refractivity contribution in [1.82, 2.24) is 4.31 Å². The highest BCUT2D eigenvalue weighted by molar-refractivity contribution is 7.89. The zero-order chi connectivity index (χ0) is 17.3. The van der Waals surface area contributed by atoms with Gasteiger partial charge in [-0.15, -0.1) is 0 Å². The van der Waals surface area contributed by atoms with Gasteiger partial charge in [-0.05, 0) is 43.7 Å². The minimum absolute atomic E-state index is 0.0197. The molecule has 2 aliphatic rings. The topological polar surface area (TPSA) is 83.8 Å². The molecular formula is C16H23N3O4S. The molecule has 0 spiro atoms. The second kappa shape index (κ2) is 6.68. The molecule has 7 nitrogen and oxygen atoms in total. The van der Waals surface area contributed by atoms with Crippen LogP contribution in [0.5, 0.6) is 0 Å². The number of hydrogen-bond acceptors (Lipinski definition) is 5. The number of rotatable bonds is 4. The number of nitro groups is 1. The number of sulfonamides is 1. The normalized spacial score (nSPS) is 22.7. The van der Waals surface area contributed by atoms with Crippen molar-refractivity contribution < 1.29 is 13.3 Å². The summed E-state index contributed by atoms with van der Waals surface area (Å²) in [7, 11) is -3.68. The summed E-state index contributed by atoms with van der Waals surface area (Å²) in [6.45, 7) is 4.53. The van der Waals surface area contributed by atoms with E-state index in [1.807, 2.05) is 11.8 Å². The van der Waals surface area contributed by atoms with Crippen molar-refractivity contribution in [1.29, 1.82) is 0 Å². The standard InChI is InChI=1S/C16H23N3O4S/c1-13-5-4-10-18(12-13)24(22,23)14-6-7-15(16(11-14)19(20)21)17-8-2-3-9-17/h6-7,11,13H,2-5,8-10,12H2,1H3/t13-/m0/s1. The predicted octanol–water partition coefficient (Wildman–Crippen LogP) is 2.62. The van der Waals surface area contributed by atoms with Crippen LogP contribution in [0.4, 0.5) is 11.4 Å². The Balaban J connectivity index is 1.96. The summed E-state index contributed by atoms with van der Waals surface area (Å²) in [4.78, 5) is 13.0. The Kier molecular flexibility index (Phi) is 4.78. The first-order valence-corrected chi connectivity index (χ1v) is 9.87. The Morgan fingerprint density at radius 2 is 1.88 bits per heavy atom. The van der Waals surface area contributed by atoms with Crippen LogP contribution in [-0.2, 0) is 10.0 Å². The average molecular weight is 353 g/mol. The van der Waals surface area contributed by atoms with Gasteiger partial charge in [0.05, 0.1) is 9.82 Å². The number of nitrogens with zero attached hydrogens (tertiary/aromatic N) is 3. The Morgan fingerprint density at radius 1 is 1.17 bits per heavy atom. The van der Waals surface area contributed by atoms with Crippen LogP contribution in [-0.4, -0.2) is 43.8 Å². The van der Waals surface area contributed by atoms with Gasteiger partial charge in [-0.2, -0.15) is 4.31 Å². The highest BCUT2D eigenvalue weighted by atomic mass is 32.2. The molecule has 1 aromatic rings. The summed E-state index contributed by atoms with van der Waals surface area (Å²) in [5.74, 6) is 0.312. The van der Waals surface area contributed by atoms with E-state index in [-0.39, 0.29) is 10.6 Å². The Hall–Kier alpha value is -1.67. The molecule has 0 aliphatic carbocycles. The van der Waals surface area contributed by atoms with Gasteiger partial charge in [0.1, 0.15) is 5.69 Å². The first-order valence-electron chi connectivity index (χ1n) is 8.43. The van der Waals surface area contributed by atoms with Gasteiger partial charge < -0.3 is 4.90 Å². The fourth-order valence-electron chi connectivity index (χ4n) is 3.55. The van der Waals surface area contributed by atoms with Crippen molar-refractivity contribution in [3.05, 3.63) is 28.3 Å². The van der Waals surface area contributed by atoms with Crippen molar-refractivity contribution in [2.45, 2.75) is 37.5 Å². The predicted molar refractivity (Wildman–Crippen MR) is 91.7 cm³/mol. The van der Waals surface area contributed by atoms with Crippen LogP contribution < -0.4 is 4.90 Å². The van der Waals surface area contributed by atoms with E-state index in [9.17, 15) is 18.5 Å². The molecule has 0 amide bonds. The van der Waals surface area contributed by atoms with Crippen LogP contribution in [0.1, 0.15) is 32.6 Å². The summed E-state index contributed by atoms with van der Waals surface area (Å²) < 4.78 is 27.1. The lowest BCUT2D eigenvalue weighted by Crippen LogP contribution is -2.39. The Labute approximate surface area is 142 Å². The summed E-state index contributed by atoms with van der Waals surface area (Å²) in [6.07, 6.45) is 3.85. The van der Waals surface area contributed by atoms with Crippen molar-refractivity contribution in [2.24, 2.45) is 5.92 Å². The summed E-state index contributed by atoms with van der Waals surface area (Å²) in [5, 5.41) is 11.5. The number of nitro benzene ring substituents is 1. The fourth-order valence-corrected chi connectivity index (χ4v) is 5.17. The van der Waals surface area contributed by atoms with E-state index in [4.69, 9.17) is 0 Å². The van der Waals surface area contributed by atoms with Crippen LogP contribution in [0.25, 0.3) is 0 Å². The first-order chi connectivity index (χ1) is 11.4. The number of hydrogen-bond donors (Lipinski definition) is 0. The van der Waals surface area contributed by atoms with Crippen LogP contribution in [0.3, 0.4) is 0 Å². The second-order valence-electron chi connectivity index (χ2n) is 6.71. The molecule has 8 heteroatoms. The third-order valence-corrected chi connectivity index (χ3v) is 6.71. The van der Waals surface area contributed by atoms with Gasteiger partial charge >= 0.3 is 0 Å². The lowest BCUT2D eigenvalue weighted by Gasteiger charge is -2.30. The van der Waals surface area contributed by atoms with Crippen molar-refractivity contribution in [3.8, 4) is 0 Å². The molecule has 2 saturated heterocycles. The molecule has 0 saturated carbocycles. The SMILES string of the molecule is C[C@H]1CCCN(S(=O)(=O)c2ccc(N3CCCC3)c([N+](=O)[O-])c2)C1. The molecule has 0 N–H and O–H groups in total. The molecule has 0 unspecified atom stereocenters. The van der Waals surface area contributed by atoms with E-state index in [1.54, 1.807) is 6.07 Å². The molecule has 3 rings (SSSR count). The minimum atomic E-state index is -3.68. The van der Waals surface area contributed by atoms with E-state index in [2.05, 4.69) is 0 Å². The Bertz CT molecular complexity index is 729. The van der Waals surface area contributed by atoms with Crippen molar-refractivity contribution in [2.75, 3.05) is 31.1 Å². The highest BCUT2D eigenvalue weighted by Crippen LogP contribution is 2.34. The van der Waals surface area contributed by atoms with Crippen LogP contribution in [0.2, 0.25) is 0 Å². The van der Waals surface area contributed by atoms with Gasteiger partial charge in [-0.25, -0.2) is 8.42 Å². The van der Waals surface area contributed by atoms with Crippen molar-refractivity contribution >= 4 is 21.4 Å².